The molecule has 1 saturated heterocycles. The summed E-state index contributed by atoms with van der Waals surface area (Å²) in [5, 5.41) is 0. The van der Waals surface area contributed by atoms with E-state index in [1.807, 2.05) is 4.90 Å². The highest BCUT2D eigenvalue weighted by Crippen LogP contribution is 2.35. The van der Waals surface area contributed by atoms with E-state index in [2.05, 4.69) is 0 Å². The van der Waals surface area contributed by atoms with Crippen molar-refractivity contribution in [3.63, 3.8) is 0 Å². The van der Waals surface area contributed by atoms with Crippen molar-refractivity contribution in [1.29, 1.82) is 0 Å². The van der Waals surface area contributed by atoms with Crippen LogP contribution in [0.3, 0.4) is 0 Å². The molecule has 3 fully saturated rings. The highest BCUT2D eigenvalue weighted by Gasteiger charge is 2.45. The van der Waals surface area contributed by atoms with Gasteiger partial charge in [-0.15, -0.1) is 0 Å². The van der Waals surface area contributed by atoms with Gasteiger partial charge in [-0.05, 0) is 37.7 Å². The number of amides is 1. The quantitative estimate of drug-likeness (QED) is 0.852. The van der Waals surface area contributed by atoms with E-state index in [0.29, 0.717) is 18.7 Å². The molecule has 0 radical (unpaired) electrons. The van der Waals surface area contributed by atoms with Crippen molar-refractivity contribution in [3.05, 3.63) is 24.2 Å². The fourth-order valence-electron chi connectivity index (χ4n) is 3.44. The molecule has 114 valence electrons. The van der Waals surface area contributed by atoms with E-state index in [1.54, 1.807) is 12.3 Å². The Hall–Kier alpha value is -1.33. The molecule has 21 heavy (non-hydrogen) atoms. The molecule has 0 bridgehead atoms. The molecule has 2 heterocycles. The van der Waals surface area contributed by atoms with Gasteiger partial charge >= 0.3 is 0 Å². The lowest BCUT2D eigenvalue weighted by Gasteiger charge is -2.38. The van der Waals surface area contributed by atoms with Crippen LogP contribution in [0.2, 0.25) is 0 Å². The van der Waals surface area contributed by atoms with E-state index in [1.165, 1.54) is 19.1 Å². The predicted molar refractivity (Wildman–Crippen MR) is 75.0 cm³/mol. The van der Waals surface area contributed by atoms with Gasteiger partial charge in [0.2, 0.25) is 0 Å². The molecular formula is C16H21NO4. The molecule has 5 nitrogen and oxygen atoms in total. The topological polar surface area (TPSA) is 51.9 Å². The van der Waals surface area contributed by atoms with Gasteiger partial charge in [0, 0.05) is 13.2 Å². The molecule has 3 atom stereocenters. The Morgan fingerprint density at radius 3 is 3.00 bits per heavy atom. The lowest BCUT2D eigenvalue weighted by molar-refractivity contribution is -0.106. The molecule has 1 aliphatic heterocycles. The molecule has 1 amide bonds. The first kappa shape index (κ1) is 13.3. The van der Waals surface area contributed by atoms with Crippen LogP contribution in [-0.2, 0) is 9.47 Å². The first-order valence-corrected chi connectivity index (χ1v) is 7.89. The number of nitrogens with zero attached hydrogens (tertiary/aromatic N) is 1. The maximum absolute atomic E-state index is 12.6. The van der Waals surface area contributed by atoms with Crippen molar-refractivity contribution in [2.45, 2.75) is 43.9 Å². The van der Waals surface area contributed by atoms with E-state index in [4.69, 9.17) is 13.9 Å². The van der Waals surface area contributed by atoms with Crippen LogP contribution in [0.15, 0.2) is 23.0 Å². The molecule has 1 aromatic rings. The second kappa shape index (κ2) is 5.46. The average molecular weight is 291 g/mol. The third-order valence-corrected chi connectivity index (χ3v) is 4.81. The van der Waals surface area contributed by atoms with Crippen LogP contribution in [-0.4, -0.2) is 48.8 Å². The number of carbonyl (C=O) groups is 1. The molecule has 2 saturated carbocycles. The van der Waals surface area contributed by atoms with Gasteiger partial charge in [-0.3, -0.25) is 4.79 Å². The normalized spacial score (nSPS) is 32.2. The average Bonchev–Trinajstić information content (AvgIpc) is 3.03. The van der Waals surface area contributed by atoms with E-state index < -0.39 is 0 Å². The SMILES string of the molecule is O=C(c1ccoc1)N1CCO[C@H]2[C@H](OCC3CC3)CC[C@@H]21. The predicted octanol–water partition coefficient (Wildman–Crippen LogP) is 2.08. The lowest BCUT2D eigenvalue weighted by atomic mass is 10.1. The minimum absolute atomic E-state index is 0.0355. The maximum atomic E-state index is 12.6. The van der Waals surface area contributed by atoms with Crippen molar-refractivity contribution in [2.24, 2.45) is 5.92 Å². The van der Waals surface area contributed by atoms with Crippen LogP contribution in [0.5, 0.6) is 0 Å². The first-order valence-electron chi connectivity index (χ1n) is 7.89. The lowest BCUT2D eigenvalue weighted by Crippen LogP contribution is -2.53. The zero-order chi connectivity index (χ0) is 14.2. The highest BCUT2D eigenvalue weighted by atomic mass is 16.5. The van der Waals surface area contributed by atoms with Crippen LogP contribution in [0.25, 0.3) is 0 Å². The Morgan fingerprint density at radius 1 is 1.33 bits per heavy atom. The molecule has 5 heteroatoms. The van der Waals surface area contributed by atoms with Crippen LogP contribution >= 0.6 is 0 Å². The molecule has 0 N–H and O–H groups in total. The third kappa shape index (κ3) is 2.60. The highest BCUT2D eigenvalue weighted by molar-refractivity contribution is 5.94. The van der Waals surface area contributed by atoms with E-state index >= 15 is 0 Å². The summed E-state index contributed by atoms with van der Waals surface area (Å²) in [5.74, 6) is 0.807. The number of hydrogen-bond donors (Lipinski definition) is 0. The zero-order valence-corrected chi connectivity index (χ0v) is 12.1. The van der Waals surface area contributed by atoms with Gasteiger partial charge in [0.15, 0.2) is 0 Å². The molecule has 3 aliphatic rings. The van der Waals surface area contributed by atoms with E-state index in [0.717, 1.165) is 25.4 Å². The summed E-state index contributed by atoms with van der Waals surface area (Å²) in [7, 11) is 0. The molecule has 1 aromatic heterocycles. The summed E-state index contributed by atoms with van der Waals surface area (Å²) < 4.78 is 17.0. The van der Waals surface area contributed by atoms with Gasteiger partial charge < -0.3 is 18.8 Å². The van der Waals surface area contributed by atoms with Gasteiger partial charge in [-0.2, -0.15) is 0 Å². The fourth-order valence-corrected chi connectivity index (χ4v) is 3.44. The number of morpholine rings is 1. The van der Waals surface area contributed by atoms with Gasteiger partial charge in [0.25, 0.3) is 5.91 Å². The number of rotatable bonds is 4. The Labute approximate surface area is 124 Å². The van der Waals surface area contributed by atoms with Gasteiger partial charge in [0.05, 0.1) is 30.6 Å². The summed E-state index contributed by atoms with van der Waals surface area (Å²) in [5.41, 5.74) is 0.623. The molecule has 4 rings (SSSR count). The van der Waals surface area contributed by atoms with Crippen molar-refractivity contribution in [2.75, 3.05) is 19.8 Å². The zero-order valence-electron chi connectivity index (χ0n) is 12.1. The van der Waals surface area contributed by atoms with E-state index in [9.17, 15) is 4.79 Å². The van der Waals surface area contributed by atoms with Crippen LogP contribution in [0.1, 0.15) is 36.0 Å². The maximum Gasteiger partial charge on any atom is 0.257 e. The number of carbonyl (C=O) groups excluding carboxylic acids is 1. The Kier molecular flexibility index (Phi) is 3.47. The Balaban J connectivity index is 1.44. The van der Waals surface area contributed by atoms with Gasteiger partial charge in [0.1, 0.15) is 12.4 Å². The largest absolute Gasteiger partial charge is 0.472 e. The summed E-state index contributed by atoms with van der Waals surface area (Å²) in [6.45, 7) is 2.10. The minimum atomic E-state index is 0.0355. The summed E-state index contributed by atoms with van der Waals surface area (Å²) in [6.07, 6.45) is 7.79. The number of ether oxygens (including phenoxy) is 2. The third-order valence-electron chi connectivity index (χ3n) is 4.81. The Bertz CT molecular complexity index is 496. The second-order valence-electron chi connectivity index (χ2n) is 6.31. The summed E-state index contributed by atoms with van der Waals surface area (Å²) in [6, 6.07) is 1.87. The van der Waals surface area contributed by atoms with Crippen molar-refractivity contribution >= 4 is 5.91 Å². The van der Waals surface area contributed by atoms with Crippen LogP contribution < -0.4 is 0 Å². The summed E-state index contributed by atoms with van der Waals surface area (Å²) >= 11 is 0. The number of furan rings is 1. The number of hydrogen-bond acceptors (Lipinski definition) is 4. The van der Waals surface area contributed by atoms with Gasteiger partial charge in [-0.25, -0.2) is 0 Å². The van der Waals surface area contributed by atoms with Gasteiger partial charge in [-0.1, -0.05) is 0 Å². The standard InChI is InChI=1S/C16H21NO4/c18-16(12-5-7-19-10-12)17-6-8-20-15-13(17)3-4-14(15)21-9-11-1-2-11/h5,7,10-11,13-15H,1-4,6,8-9H2/t13-,14+,15+/m0/s1. The Morgan fingerprint density at radius 2 is 2.24 bits per heavy atom. The smallest absolute Gasteiger partial charge is 0.257 e. The molecule has 0 unspecified atom stereocenters. The van der Waals surface area contributed by atoms with Crippen molar-refractivity contribution in [3.8, 4) is 0 Å². The fraction of sp³-hybridized carbons (Fsp3) is 0.688. The monoisotopic (exact) mass is 291 g/mol. The summed E-state index contributed by atoms with van der Waals surface area (Å²) in [4.78, 5) is 14.5. The van der Waals surface area contributed by atoms with Crippen molar-refractivity contribution < 1.29 is 18.7 Å². The second-order valence-corrected chi connectivity index (χ2v) is 6.31. The molecule has 2 aliphatic carbocycles. The van der Waals surface area contributed by atoms with Crippen LogP contribution in [0.4, 0.5) is 0 Å². The molecular weight excluding hydrogens is 270 g/mol. The van der Waals surface area contributed by atoms with Crippen LogP contribution in [0, 0.1) is 5.92 Å². The molecule has 0 aromatic carbocycles. The first-order chi connectivity index (χ1) is 10.3. The van der Waals surface area contributed by atoms with Crippen molar-refractivity contribution in [1.82, 2.24) is 4.90 Å². The number of fused-ring (bicyclic) bond motifs is 1. The molecule has 0 spiro atoms. The van der Waals surface area contributed by atoms with E-state index in [-0.39, 0.29) is 24.2 Å². The minimum Gasteiger partial charge on any atom is -0.472 e.